The number of halogens is 3. The van der Waals surface area contributed by atoms with Gasteiger partial charge in [-0.3, -0.25) is 0 Å². The van der Waals surface area contributed by atoms with Crippen LogP contribution in [0.5, 0.6) is 5.88 Å². The first-order valence-corrected chi connectivity index (χ1v) is 5.37. The van der Waals surface area contributed by atoms with Crippen LogP contribution in [0, 0.1) is 6.92 Å². The second kappa shape index (κ2) is 5.57. The van der Waals surface area contributed by atoms with Gasteiger partial charge < -0.3 is 15.8 Å². The van der Waals surface area contributed by atoms with Crippen molar-refractivity contribution in [1.29, 1.82) is 0 Å². The zero-order valence-electron chi connectivity index (χ0n) is 10.5. The summed E-state index contributed by atoms with van der Waals surface area (Å²) in [5.41, 5.74) is 6.67. The molecule has 5 nitrogen and oxygen atoms in total. The quantitative estimate of drug-likeness (QED) is 0.830. The fraction of sp³-hybridized carbons (Fsp3) is 0.700. The van der Waals surface area contributed by atoms with Crippen LogP contribution in [0.2, 0.25) is 0 Å². The Morgan fingerprint density at radius 2 is 2.11 bits per heavy atom. The molecule has 0 aromatic carbocycles. The van der Waals surface area contributed by atoms with E-state index in [0.717, 1.165) is 0 Å². The van der Waals surface area contributed by atoms with Gasteiger partial charge in [-0.1, -0.05) is 0 Å². The molecule has 1 rings (SSSR count). The molecule has 8 heteroatoms. The van der Waals surface area contributed by atoms with E-state index in [1.54, 1.807) is 14.0 Å². The Balaban J connectivity index is 2.95. The molecule has 1 atom stereocenters. The van der Waals surface area contributed by atoms with E-state index in [9.17, 15) is 13.2 Å². The molecule has 0 aliphatic carbocycles. The molecule has 18 heavy (non-hydrogen) atoms. The zero-order valence-corrected chi connectivity index (χ0v) is 10.5. The third-order valence-corrected chi connectivity index (χ3v) is 2.54. The normalized spacial score (nSPS) is 13.7. The molecule has 104 valence electrons. The van der Waals surface area contributed by atoms with Crippen LogP contribution in [0.3, 0.4) is 0 Å². The van der Waals surface area contributed by atoms with Crippen LogP contribution in [0.1, 0.15) is 17.3 Å². The number of rotatable bonds is 5. The van der Waals surface area contributed by atoms with Gasteiger partial charge in [-0.2, -0.15) is 18.3 Å². The topological polar surface area (TPSA) is 65.1 Å². The average molecular weight is 266 g/mol. The summed E-state index contributed by atoms with van der Waals surface area (Å²) in [5.74, 6) is 0.414. The van der Waals surface area contributed by atoms with Gasteiger partial charge in [0.1, 0.15) is 0 Å². The Labute approximate surface area is 103 Å². The van der Waals surface area contributed by atoms with Gasteiger partial charge in [0.15, 0.2) is 0 Å². The highest BCUT2D eigenvalue weighted by atomic mass is 19.4. The summed E-state index contributed by atoms with van der Waals surface area (Å²) in [7, 11) is 3.10. The van der Waals surface area contributed by atoms with Crippen molar-refractivity contribution in [3.8, 4) is 5.88 Å². The van der Waals surface area contributed by atoms with Crippen LogP contribution in [0.25, 0.3) is 0 Å². The van der Waals surface area contributed by atoms with Crippen molar-refractivity contribution in [3.05, 3.63) is 11.3 Å². The average Bonchev–Trinajstić information content (AvgIpc) is 2.53. The van der Waals surface area contributed by atoms with Gasteiger partial charge in [0.2, 0.25) is 5.88 Å². The van der Waals surface area contributed by atoms with E-state index in [1.165, 1.54) is 11.8 Å². The number of nitrogens with zero attached hydrogens (tertiary/aromatic N) is 2. The molecule has 0 fully saturated rings. The number of hydrogen-bond donors (Lipinski definition) is 2. The minimum atomic E-state index is -4.28. The predicted octanol–water partition coefficient (Wildman–Crippen LogP) is 0.889. The Morgan fingerprint density at radius 3 is 2.56 bits per heavy atom. The molecular formula is C10H17F3N4O. The van der Waals surface area contributed by atoms with Crippen molar-refractivity contribution in [1.82, 2.24) is 15.1 Å². The second-order valence-electron chi connectivity index (χ2n) is 3.92. The Morgan fingerprint density at radius 1 is 1.50 bits per heavy atom. The SMILES string of the molecule is COc1c(C(CN)NCC(F)(F)F)c(C)nn1C. The van der Waals surface area contributed by atoms with E-state index in [4.69, 9.17) is 10.5 Å². The number of methoxy groups -OCH3 is 1. The van der Waals surface area contributed by atoms with Crippen LogP contribution in [0.4, 0.5) is 13.2 Å². The van der Waals surface area contributed by atoms with Gasteiger partial charge in [-0.25, -0.2) is 4.68 Å². The van der Waals surface area contributed by atoms with Crippen LogP contribution in [0.15, 0.2) is 0 Å². The summed E-state index contributed by atoms with van der Waals surface area (Å²) in [5, 5.41) is 6.48. The number of nitrogens with two attached hydrogens (primary N) is 1. The summed E-state index contributed by atoms with van der Waals surface area (Å²) in [6.45, 7) is 0.626. The van der Waals surface area contributed by atoms with Gasteiger partial charge in [-0.05, 0) is 6.92 Å². The molecule has 0 radical (unpaired) electrons. The zero-order chi connectivity index (χ0) is 13.9. The third-order valence-electron chi connectivity index (χ3n) is 2.54. The number of hydrogen-bond acceptors (Lipinski definition) is 4. The van der Waals surface area contributed by atoms with Crippen molar-refractivity contribution in [2.24, 2.45) is 12.8 Å². The molecule has 3 N–H and O–H groups in total. The van der Waals surface area contributed by atoms with Gasteiger partial charge in [0.05, 0.1) is 31.0 Å². The smallest absolute Gasteiger partial charge is 0.401 e. The molecule has 0 saturated heterocycles. The van der Waals surface area contributed by atoms with E-state index in [2.05, 4.69) is 10.4 Å². The molecule has 0 saturated carbocycles. The second-order valence-corrected chi connectivity index (χ2v) is 3.92. The Kier molecular flexibility index (Phi) is 4.58. The molecule has 0 spiro atoms. The first-order valence-electron chi connectivity index (χ1n) is 5.37. The molecule has 0 amide bonds. The summed E-state index contributed by atoms with van der Waals surface area (Å²) in [6.07, 6.45) is -4.28. The van der Waals surface area contributed by atoms with E-state index in [-0.39, 0.29) is 6.54 Å². The van der Waals surface area contributed by atoms with Crippen LogP contribution in [-0.4, -0.2) is 36.2 Å². The minimum Gasteiger partial charge on any atom is -0.481 e. The largest absolute Gasteiger partial charge is 0.481 e. The highest BCUT2D eigenvalue weighted by Gasteiger charge is 2.30. The summed E-state index contributed by atoms with van der Waals surface area (Å²) >= 11 is 0. The van der Waals surface area contributed by atoms with Crippen molar-refractivity contribution in [2.75, 3.05) is 20.2 Å². The van der Waals surface area contributed by atoms with E-state index >= 15 is 0 Å². The number of alkyl halides is 3. The molecule has 1 aromatic rings. The fourth-order valence-corrected chi connectivity index (χ4v) is 1.84. The number of aryl methyl sites for hydroxylation is 2. The lowest BCUT2D eigenvalue weighted by Crippen LogP contribution is -2.36. The monoisotopic (exact) mass is 266 g/mol. The lowest BCUT2D eigenvalue weighted by atomic mass is 10.1. The number of ether oxygens (including phenoxy) is 1. The van der Waals surface area contributed by atoms with Gasteiger partial charge in [-0.15, -0.1) is 0 Å². The van der Waals surface area contributed by atoms with Crippen molar-refractivity contribution in [2.45, 2.75) is 19.1 Å². The first kappa shape index (κ1) is 14.8. The molecule has 0 bridgehead atoms. The van der Waals surface area contributed by atoms with Crippen molar-refractivity contribution < 1.29 is 17.9 Å². The fourth-order valence-electron chi connectivity index (χ4n) is 1.84. The highest BCUT2D eigenvalue weighted by Crippen LogP contribution is 2.28. The molecular weight excluding hydrogens is 249 g/mol. The van der Waals surface area contributed by atoms with Crippen LogP contribution in [-0.2, 0) is 7.05 Å². The summed E-state index contributed by atoms with van der Waals surface area (Å²) < 4.78 is 43.2. The van der Waals surface area contributed by atoms with Gasteiger partial charge in [0.25, 0.3) is 0 Å². The summed E-state index contributed by atoms with van der Waals surface area (Å²) in [4.78, 5) is 0. The maximum atomic E-state index is 12.2. The highest BCUT2D eigenvalue weighted by molar-refractivity contribution is 5.34. The summed E-state index contributed by atoms with van der Waals surface area (Å²) in [6, 6.07) is -0.643. The lowest BCUT2D eigenvalue weighted by Gasteiger charge is -2.19. The maximum Gasteiger partial charge on any atom is 0.401 e. The number of aromatic nitrogens is 2. The van der Waals surface area contributed by atoms with E-state index in [0.29, 0.717) is 17.1 Å². The van der Waals surface area contributed by atoms with Crippen molar-refractivity contribution in [3.63, 3.8) is 0 Å². The van der Waals surface area contributed by atoms with Crippen LogP contribution < -0.4 is 15.8 Å². The molecule has 0 aliphatic rings. The van der Waals surface area contributed by atoms with E-state index < -0.39 is 18.8 Å². The van der Waals surface area contributed by atoms with Crippen molar-refractivity contribution >= 4 is 0 Å². The molecule has 1 heterocycles. The number of nitrogens with one attached hydrogen (secondary N) is 1. The molecule has 0 aliphatic heterocycles. The standard InChI is InChI=1S/C10H17F3N4O/c1-6-8(9(18-3)17(2)16-6)7(4-14)15-5-10(11,12)13/h7,15H,4-5,14H2,1-3H3. The first-order chi connectivity index (χ1) is 8.30. The Hall–Kier alpha value is -1.28. The van der Waals surface area contributed by atoms with Crippen LogP contribution >= 0.6 is 0 Å². The van der Waals surface area contributed by atoms with Gasteiger partial charge in [0, 0.05) is 13.6 Å². The van der Waals surface area contributed by atoms with Gasteiger partial charge >= 0.3 is 6.18 Å². The Bertz CT molecular complexity index is 403. The third kappa shape index (κ3) is 3.36. The minimum absolute atomic E-state index is 0.0268. The molecule has 1 unspecified atom stereocenters. The predicted molar refractivity (Wildman–Crippen MR) is 60.4 cm³/mol. The lowest BCUT2D eigenvalue weighted by molar-refractivity contribution is -0.126. The van der Waals surface area contributed by atoms with E-state index in [1.807, 2.05) is 0 Å². The molecule has 1 aromatic heterocycles. The maximum absolute atomic E-state index is 12.2.